The smallest absolute Gasteiger partial charge is 0.140 e. The van der Waals surface area contributed by atoms with Crippen LogP contribution in [0.5, 0.6) is 11.5 Å². The lowest BCUT2D eigenvalue weighted by molar-refractivity contribution is 0.0322. The fourth-order valence-corrected chi connectivity index (χ4v) is 2.75. The third-order valence-corrected chi connectivity index (χ3v) is 4.20. The Kier molecular flexibility index (Phi) is 5.64. The first-order valence-electron chi connectivity index (χ1n) is 7.44. The molecule has 1 aromatic carbocycles. The Morgan fingerprint density at radius 1 is 1.09 bits per heavy atom. The summed E-state index contributed by atoms with van der Waals surface area (Å²) in [5, 5.41) is 2.93. The van der Waals surface area contributed by atoms with Crippen LogP contribution in [-0.2, 0) is 11.3 Å². The van der Waals surface area contributed by atoms with E-state index in [1.165, 1.54) is 0 Å². The molecule has 0 atom stereocenters. The van der Waals surface area contributed by atoms with Crippen molar-refractivity contribution in [1.29, 1.82) is 0 Å². The molecule has 2 aromatic rings. The molecule has 0 aliphatic carbocycles. The summed E-state index contributed by atoms with van der Waals surface area (Å²) in [6, 6.07) is 7.74. The molecule has 5 nitrogen and oxygen atoms in total. The predicted octanol–water partition coefficient (Wildman–Crippen LogP) is 2.43. The summed E-state index contributed by atoms with van der Waals surface area (Å²) in [5.41, 5.74) is 0. The summed E-state index contributed by atoms with van der Waals surface area (Å²) in [4.78, 5) is 6.55. The standard InChI is InChI=1S/C16H20N2O3S/c1-3-15(21-13-16-17-5-12-22-16)4-2-14(1)20-11-8-18-6-9-19-10-7-18/h1-5,12H,6-11,13H2. The van der Waals surface area contributed by atoms with E-state index >= 15 is 0 Å². The van der Waals surface area contributed by atoms with Crippen LogP contribution in [0.1, 0.15) is 5.01 Å². The van der Waals surface area contributed by atoms with Gasteiger partial charge in [0, 0.05) is 31.2 Å². The fourth-order valence-electron chi connectivity index (χ4n) is 2.22. The van der Waals surface area contributed by atoms with Gasteiger partial charge in [-0.25, -0.2) is 4.98 Å². The molecule has 0 N–H and O–H groups in total. The highest BCUT2D eigenvalue weighted by molar-refractivity contribution is 7.09. The molecule has 1 saturated heterocycles. The average molecular weight is 320 g/mol. The summed E-state index contributed by atoms with van der Waals surface area (Å²) in [6.07, 6.45) is 1.79. The van der Waals surface area contributed by atoms with Crippen molar-refractivity contribution in [3.05, 3.63) is 40.8 Å². The van der Waals surface area contributed by atoms with Crippen LogP contribution in [0.3, 0.4) is 0 Å². The summed E-state index contributed by atoms with van der Waals surface area (Å²) >= 11 is 1.60. The van der Waals surface area contributed by atoms with Crippen molar-refractivity contribution in [3.63, 3.8) is 0 Å². The highest BCUT2D eigenvalue weighted by Gasteiger charge is 2.09. The SMILES string of the molecule is c1csc(COc2ccc(OCCN3CCOCC3)cc2)n1. The van der Waals surface area contributed by atoms with Crippen molar-refractivity contribution in [2.24, 2.45) is 0 Å². The Morgan fingerprint density at radius 3 is 2.50 bits per heavy atom. The number of morpholine rings is 1. The van der Waals surface area contributed by atoms with Gasteiger partial charge in [-0.1, -0.05) is 0 Å². The van der Waals surface area contributed by atoms with Gasteiger partial charge in [-0.15, -0.1) is 11.3 Å². The third kappa shape index (κ3) is 4.69. The minimum absolute atomic E-state index is 0.509. The quantitative estimate of drug-likeness (QED) is 0.784. The van der Waals surface area contributed by atoms with Crippen LogP contribution in [0, 0.1) is 0 Å². The number of hydrogen-bond acceptors (Lipinski definition) is 6. The molecule has 1 fully saturated rings. The maximum atomic E-state index is 5.77. The van der Waals surface area contributed by atoms with Crippen LogP contribution in [0.4, 0.5) is 0 Å². The van der Waals surface area contributed by atoms with E-state index in [9.17, 15) is 0 Å². The molecule has 1 aliphatic heterocycles. The molecule has 22 heavy (non-hydrogen) atoms. The maximum Gasteiger partial charge on any atom is 0.140 e. The molecule has 0 saturated carbocycles. The van der Waals surface area contributed by atoms with E-state index in [1.54, 1.807) is 17.5 Å². The second-order valence-corrected chi connectivity index (χ2v) is 5.97. The first-order valence-corrected chi connectivity index (χ1v) is 8.32. The Bertz CT molecular complexity index is 539. The first kappa shape index (κ1) is 15.3. The minimum Gasteiger partial charge on any atom is -0.492 e. The molecule has 0 bridgehead atoms. The Morgan fingerprint density at radius 2 is 1.82 bits per heavy atom. The normalized spacial score (nSPS) is 15.6. The van der Waals surface area contributed by atoms with E-state index in [0.717, 1.165) is 49.4 Å². The molecule has 0 unspecified atom stereocenters. The number of ether oxygens (including phenoxy) is 3. The van der Waals surface area contributed by atoms with Crippen molar-refractivity contribution in [2.45, 2.75) is 6.61 Å². The first-order chi connectivity index (χ1) is 10.9. The number of nitrogens with zero attached hydrogens (tertiary/aromatic N) is 2. The molecule has 1 aliphatic rings. The summed E-state index contributed by atoms with van der Waals surface area (Å²) in [6.45, 7) is 5.77. The average Bonchev–Trinajstić information content (AvgIpc) is 3.09. The number of aromatic nitrogens is 1. The number of hydrogen-bond donors (Lipinski definition) is 0. The van der Waals surface area contributed by atoms with Gasteiger partial charge in [-0.05, 0) is 24.3 Å². The van der Waals surface area contributed by atoms with Crippen LogP contribution in [-0.4, -0.2) is 49.3 Å². The van der Waals surface area contributed by atoms with Gasteiger partial charge in [0.2, 0.25) is 0 Å². The Labute approximate surface area is 134 Å². The van der Waals surface area contributed by atoms with Crippen LogP contribution >= 0.6 is 11.3 Å². The number of rotatable bonds is 7. The molecular formula is C16H20N2O3S. The zero-order valence-corrected chi connectivity index (χ0v) is 13.3. The summed E-state index contributed by atoms with van der Waals surface area (Å²) in [5.74, 6) is 1.70. The zero-order chi connectivity index (χ0) is 15.0. The Balaban J connectivity index is 1.39. The molecule has 2 heterocycles. The molecule has 1 aromatic heterocycles. The highest BCUT2D eigenvalue weighted by Crippen LogP contribution is 2.19. The van der Waals surface area contributed by atoms with Gasteiger partial charge in [0.25, 0.3) is 0 Å². The van der Waals surface area contributed by atoms with Gasteiger partial charge in [0.1, 0.15) is 29.7 Å². The summed E-state index contributed by atoms with van der Waals surface area (Å²) < 4.78 is 16.8. The summed E-state index contributed by atoms with van der Waals surface area (Å²) in [7, 11) is 0. The van der Waals surface area contributed by atoms with Crippen molar-refractivity contribution < 1.29 is 14.2 Å². The van der Waals surface area contributed by atoms with Crippen LogP contribution < -0.4 is 9.47 Å². The van der Waals surface area contributed by atoms with Crippen molar-refractivity contribution in [1.82, 2.24) is 9.88 Å². The van der Waals surface area contributed by atoms with Crippen LogP contribution in [0.15, 0.2) is 35.8 Å². The molecule has 0 radical (unpaired) electrons. The topological polar surface area (TPSA) is 43.8 Å². The lowest BCUT2D eigenvalue weighted by Gasteiger charge is -2.26. The molecule has 0 spiro atoms. The predicted molar refractivity (Wildman–Crippen MR) is 85.6 cm³/mol. The lowest BCUT2D eigenvalue weighted by atomic mass is 10.3. The van der Waals surface area contributed by atoms with Crippen molar-refractivity contribution >= 4 is 11.3 Å². The Hall–Kier alpha value is -1.63. The maximum absolute atomic E-state index is 5.77. The van der Waals surface area contributed by atoms with Crippen molar-refractivity contribution in [2.75, 3.05) is 39.5 Å². The molecule has 3 rings (SSSR count). The zero-order valence-electron chi connectivity index (χ0n) is 12.4. The van der Waals surface area contributed by atoms with E-state index in [4.69, 9.17) is 14.2 Å². The van der Waals surface area contributed by atoms with E-state index in [-0.39, 0.29) is 0 Å². The van der Waals surface area contributed by atoms with Crippen molar-refractivity contribution in [3.8, 4) is 11.5 Å². The number of benzene rings is 1. The van der Waals surface area contributed by atoms with Crippen LogP contribution in [0.25, 0.3) is 0 Å². The van der Waals surface area contributed by atoms with Gasteiger partial charge in [0.05, 0.1) is 13.2 Å². The second-order valence-electron chi connectivity index (χ2n) is 4.99. The van der Waals surface area contributed by atoms with Gasteiger partial charge in [0.15, 0.2) is 0 Å². The minimum atomic E-state index is 0.509. The molecule has 6 heteroatoms. The van der Waals surface area contributed by atoms with Gasteiger partial charge in [-0.2, -0.15) is 0 Å². The van der Waals surface area contributed by atoms with Gasteiger partial charge in [-0.3, -0.25) is 4.90 Å². The largest absolute Gasteiger partial charge is 0.492 e. The third-order valence-electron chi connectivity index (χ3n) is 3.45. The van der Waals surface area contributed by atoms with Gasteiger partial charge < -0.3 is 14.2 Å². The number of thiazole rings is 1. The van der Waals surface area contributed by atoms with E-state index in [1.807, 2.05) is 29.6 Å². The lowest BCUT2D eigenvalue weighted by Crippen LogP contribution is -2.38. The second kappa shape index (κ2) is 8.12. The van der Waals surface area contributed by atoms with E-state index in [2.05, 4.69) is 9.88 Å². The fraction of sp³-hybridized carbons (Fsp3) is 0.438. The van der Waals surface area contributed by atoms with E-state index in [0.29, 0.717) is 13.2 Å². The van der Waals surface area contributed by atoms with Gasteiger partial charge >= 0.3 is 0 Å². The molecule has 0 amide bonds. The monoisotopic (exact) mass is 320 g/mol. The molecule has 118 valence electrons. The molecular weight excluding hydrogens is 300 g/mol. The van der Waals surface area contributed by atoms with Crippen LogP contribution in [0.2, 0.25) is 0 Å². The highest BCUT2D eigenvalue weighted by atomic mass is 32.1. The van der Waals surface area contributed by atoms with E-state index < -0.39 is 0 Å².